The first-order valence-corrected chi connectivity index (χ1v) is 10.3. The van der Waals surface area contributed by atoms with Gasteiger partial charge in [0.05, 0.1) is 6.04 Å². The van der Waals surface area contributed by atoms with Crippen LogP contribution in [0.25, 0.3) is 0 Å². The molecule has 0 aliphatic heterocycles. The zero-order valence-electron chi connectivity index (χ0n) is 15.6. The highest BCUT2D eigenvalue weighted by molar-refractivity contribution is 7.92. The Balaban J connectivity index is 1.85. The SMILES string of the molecule is Cc1ccc(NS(=O)(=O)c2ncccc2C(C)NC(=O)c2ccccc2)cc1. The van der Waals surface area contributed by atoms with Gasteiger partial charge in [0.1, 0.15) is 0 Å². The summed E-state index contributed by atoms with van der Waals surface area (Å²) in [5.74, 6) is -0.285. The van der Waals surface area contributed by atoms with Gasteiger partial charge in [0, 0.05) is 23.0 Å². The lowest BCUT2D eigenvalue weighted by Crippen LogP contribution is -2.28. The van der Waals surface area contributed by atoms with Crippen LogP contribution in [0.15, 0.2) is 78.0 Å². The van der Waals surface area contributed by atoms with E-state index in [4.69, 9.17) is 0 Å². The number of carbonyl (C=O) groups is 1. The van der Waals surface area contributed by atoms with Crippen LogP contribution in [0.3, 0.4) is 0 Å². The first kappa shape index (κ1) is 19.6. The predicted molar refractivity (Wildman–Crippen MR) is 109 cm³/mol. The fourth-order valence-corrected chi connectivity index (χ4v) is 4.03. The van der Waals surface area contributed by atoms with E-state index in [-0.39, 0.29) is 10.9 Å². The van der Waals surface area contributed by atoms with Crippen LogP contribution in [0, 0.1) is 6.92 Å². The van der Waals surface area contributed by atoms with Crippen LogP contribution < -0.4 is 10.0 Å². The van der Waals surface area contributed by atoms with Gasteiger partial charge in [0.15, 0.2) is 5.03 Å². The zero-order chi connectivity index (χ0) is 20.1. The Labute approximate surface area is 164 Å². The van der Waals surface area contributed by atoms with Gasteiger partial charge in [-0.05, 0) is 44.2 Å². The molecule has 1 unspecified atom stereocenters. The van der Waals surface area contributed by atoms with E-state index in [1.54, 1.807) is 55.5 Å². The Kier molecular flexibility index (Phi) is 5.75. The molecule has 3 aromatic rings. The van der Waals surface area contributed by atoms with Crippen LogP contribution in [-0.2, 0) is 10.0 Å². The van der Waals surface area contributed by atoms with Crippen molar-refractivity contribution in [1.29, 1.82) is 0 Å². The second-order valence-corrected chi connectivity index (χ2v) is 8.03. The molecule has 1 heterocycles. The van der Waals surface area contributed by atoms with Crippen LogP contribution in [0.4, 0.5) is 5.69 Å². The van der Waals surface area contributed by atoms with Crippen molar-refractivity contribution in [3.63, 3.8) is 0 Å². The molecule has 0 fully saturated rings. The lowest BCUT2D eigenvalue weighted by molar-refractivity contribution is 0.0939. The summed E-state index contributed by atoms with van der Waals surface area (Å²) in [5.41, 5.74) is 2.38. The second-order valence-electron chi connectivity index (χ2n) is 6.43. The van der Waals surface area contributed by atoms with Gasteiger partial charge >= 0.3 is 0 Å². The van der Waals surface area contributed by atoms with Crippen molar-refractivity contribution in [1.82, 2.24) is 10.3 Å². The minimum atomic E-state index is -3.91. The van der Waals surface area contributed by atoms with Crippen molar-refractivity contribution < 1.29 is 13.2 Å². The smallest absolute Gasteiger partial charge is 0.279 e. The van der Waals surface area contributed by atoms with Crippen molar-refractivity contribution in [2.75, 3.05) is 4.72 Å². The van der Waals surface area contributed by atoms with Gasteiger partial charge in [-0.25, -0.2) is 4.98 Å². The molecule has 1 atom stereocenters. The number of benzene rings is 2. The quantitative estimate of drug-likeness (QED) is 0.666. The summed E-state index contributed by atoms with van der Waals surface area (Å²) in [6.07, 6.45) is 1.42. The minimum Gasteiger partial charge on any atom is -0.345 e. The number of hydrogen-bond acceptors (Lipinski definition) is 4. The minimum absolute atomic E-state index is 0.114. The van der Waals surface area contributed by atoms with E-state index in [0.29, 0.717) is 16.8 Å². The summed E-state index contributed by atoms with van der Waals surface area (Å²) in [6, 6.07) is 18.5. The molecule has 0 aliphatic carbocycles. The van der Waals surface area contributed by atoms with Gasteiger partial charge in [0.2, 0.25) is 0 Å². The second kappa shape index (κ2) is 8.22. The maximum atomic E-state index is 12.9. The van der Waals surface area contributed by atoms with E-state index in [1.807, 2.05) is 25.1 Å². The number of aromatic nitrogens is 1. The molecule has 0 radical (unpaired) electrons. The maximum absolute atomic E-state index is 12.9. The van der Waals surface area contributed by atoms with Crippen molar-refractivity contribution in [2.24, 2.45) is 0 Å². The molecule has 3 rings (SSSR count). The Hall–Kier alpha value is -3.19. The standard InChI is InChI=1S/C21H21N3O3S/c1-15-10-12-18(13-11-15)24-28(26,27)21-19(9-6-14-22-21)16(2)23-20(25)17-7-4-3-5-8-17/h3-14,16,24H,1-2H3,(H,23,25). The average Bonchev–Trinajstić information content (AvgIpc) is 2.70. The Bertz CT molecular complexity index is 1070. The van der Waals surface area contributed by atoms with Crippen LogP contribution in [-0.4, -0.2) is 19.3 Å². The largest absolute Gasteiger partial charge is 0.345 e. The number of rotatable bonds is 6. The van der Waals surface area contributed by atoms with Crippen molar-refractivity contribution in [2.45, 2.75) is 24.9 Å². The van der Waals surface area contributed by atoms with Crippen LogP contribution in [0.2, 0.25) is 0 Å². The normalized spacial score (nSPS) is 12.2. The number of hydrogen-bond donors (Lipinski definition) is 2. The van der Waals surface area contributed by atoms with Gasteiger partial charge in [-0.1, -0.05) is 42.0 Å². The molecule has 0 bridgehead atoms. The molecule has 1 amide bonds. The first-order valence-electron chi connectivity index (χ1n) is 8.77. The van der Waals surface area contributed by atoms with Gasteiger partial charge in [-0.3, -0.25) is 9.52 Å². The third-order valence-electron chi connectivity index (χ3n) is 4.21. The fraction of sp³-hybridized carbons (Fsp3) is 0.143. The summed E-state index contributed by atoms with van der Waals surface area (Å²) in [4.78, 5) is 16.5. The van der Waals surface area contributed by atoms with Crippen LogP contribution in [0.5, 0.6) is 0 Å². The third kappa shape index (κ3) is 4.55. The van der Waals surface area contributed by atoms with E-state index < -0.39 is 16.1 Å². The van der Waals surface area contributed by atoms with Gasteiger partial charge in [-0.15, -0.1) is 0 Å². The van der Waals surface area contributed by atoms with Gasteiger partial charge < -0.3 is 5.32 Å². The summed E-state index contributed by atoms with van der Waals surface area (Å²) < 4.78 is 28.3. The first-order chi connectivity index (χ1) is 13.4. The molecule has 7 heteroatoms. The molecule has 0 saturated heterocycles. The summed E-state index contributed by atoms with van der Waals surface area (Å²) in [6.45, 7) is 3.65. The van der Waals surface area contributed by atoms with E-state index in [2.05, 4.69) is 15.0 Å². The van der Waals surface area contributed by atoms with Crippen molar-refractivity contribution >= 4 is 21.6 Å². The monoisotopic (exact) mass is 395 g/mol. The highest BCUT2D eigenvalue weighted by atomic mass is 32.2. The predicted octanol–water partition coefficient (Wildman–Crippen LogP) is 3.68. The number of amides is 1. The molecule has 1 aromatic heterocycles. The molecule has 28 heavy (non-hydrogen) atoms. The van der Waals surface area contributed by atoms with E-state index >= 15 is 0 Å². The number of sulfonamides is 1. The molecule has 6 nitrogen and oxygen atoms in total. The van der Waals surface area contributed by atoms with Crippen LogP contribution >= 0.6 is 0 Å². The lowest BCUT2D eigenvalue weighted by atomic mass is 10.1. The van der Waals surface area contributed by atoms with Gasteiger partial charge in [0.25, 0.3) is 15.9 Å². The topological polar surface area (TPSA) is 88.2 Å². The molecule has 2 N–H and O–H groups in total. The van der Waals surface area contributed by atoms with Crippen molar-refractivity contribution in [3.05, 3.63) is 89.6 Å². The average molecular weight is 395 g/mol. The van der Waals surface area contributed by atoms with E-state index in [9.17, 15) is 13.2 Å². The molecule has 0 saturated carbocycles. The summed E-state index contributed by atoms with van der Waals surface area (Å²) >= 11 is 0. The van der Waals surface area contributed by atoms with Gasteiger partial charge in [-0.2, -0.15) is 8.42 Å². The number of aryl methyl sites for hydroxylation is 1. The molecule has 2 aromatic carbocycles. The van der Waals surface area contributed by atoms with Crippen molar-refractivity contribution in [3.8, 4) is 0 Å². The maximum Gasteiger partial charge on any atom is 0.279 e. The van der Waals surface area contributed by atoms with E-state index in [1.165, 1.54) is 6.20 Å². The Morgan fingerprint density at radius 2 is 1.64 bits per heavy atom. The molecular weight excluding hydrogens is 374 g/mol. The number of pyridine rings is 1. The third-order valence-corrected chi connectivity index (χ3v) is 5.56. The van der Waals surface area contributed by atoms with Crippen LogP contribution in [0.1, 0.15) is 34.5 Å². The molecule has 144 valence electrons. The number of nitrogens with one attached hydrogen (secondary N) is 2. The summed E-state index contributed by atoms with van der Waals surface area (Å²) in [7, 11) is -3.91. The molecular formula is C21H21N3O3S. The Morgan fingerprint density at radius 1 is 0.964 bits per heavy atom. The summed E-state index contributed by atoms with van der Waals surface area (Å²) in [5, 5.41) is 2.71. The molecule has 0 aliphatic rings. The number of carbonyl (C=O) groups excluding carboxylic acids is 1. The van der Waals surface area contributed by atoms with E-state index in [0.717, 1.165) is 5.56 Å². The Morgan fingerprint density at radius 3 is 2.32 bits per heavy atom. The molecule has 0 spiro atoms. The fourth-order valence-electron chi connectivity index (χ4n) is 2.73. The zero-order valence-corrected chi connectivity index (χ0v) is 16.4. The number of anilines is 1. The highest BCUT2D eigenvalue weighted by Gasteiger charge is 2.24. The lowest BCUT2D eigenvalue weighted by Gasteiger charge is -2.18. The highest BCUT2D eigenvalue weighted by Crippen LogP contribution is 2.23. The number of nitrogens with zero attached hydrogens (tertiary/aromatic N) is 1.